The summed E-state index contributed by atoms with van der Waals surface area (Å²) >= 11 is 1.68. The van der Waals surface area contributed by atoms with Gasteiger partial charge >= 0.3 is 5.97 Å². The third-order valence-corrected chi connectivity index (χ3v) is 7.20. The molecule has 0 radical (unpaired) electrons. The number of carbonyl (C=O) groups excluding carboxylic acids is 1. The van der Waals surface area contributed by atoms with Gasteiger partial charge in [-0.2, -0.15) is 5.10 Å². The Morgan fingerprint density at radius 2 is 2.16 bits per heavy atom. The van der Waals surface area contributed by atoms with Crippen molar-refractivity contribution in [1.29, 1.82) is 0 Å². The number of rotatable bonds is 9. The van der Waals surface area contributed by atoms with E-state index in [1.165, 1.54) is 10.6 Å². The third-order valence-electron chi connectivity index (χ3n) is 6.20. The second-order valence-corrected chi connectivity index (χ2v) is 9.43. The summed E-state index contributed by atoms with van der Waals surface area (Å²) in [7, 11) is 0. The highest BCUT2D eigenvalue weighted by molar-refractivity contribution is 7.09. The molecule has 4 heterocycles. The van der Waals surface area contributed by atoms with Gasteiger partial charge in [0.2, 0.25) is 0 Å². The number of carbonyl (C=O) groups is 1. The summed E-state index contributed by atoms with van der Waals surface area (Å²) in [4.78, 5) is 20.7. The van der Waals surface area contributed by atoms with E-state index in [4.69, 9.17) is 14.3 Å². The van der Waals surface area contributed by atoms with Crippen LogP contribution in [0.1, 0.15) is 70.0 Å². The quantitative estimate of drug-likeness (QED) is 0.441. The number of ether oxygens (including phenoxy) is 1. The van der Waals surface area contributed by atoms with Crippen LogP contribution in [0.4, 0.5) is 0 Å². The topological polar surface area (TPSA) is 73.4 Å². The largest absolute Gasteiger partial charge is 0.466 e. The number of hydrogen-bond donors (Lipinski definition) is 0. The number of hydrogen-bond acceptors (Lipinski definition) is 7. The Kier molecular flexibility index (Phi) is 7.10. The second kappa shape index (κ2) is 10.0. The molecular weight excluding hydrogens is 424 g/mol. The minimum Gasteiger partial charge on any atom is -0.466 e. The normalized spacial score (nSPS) is 15.0. The van der Waals surface area contributed by atoms with Crippen molar-refractivity contribution in [3.05, 3.63) is 56.7 Å². The van der Waals surface area contributed by atoms with Gasteiger partial charge in [0, 0.05) is 54.5 Å². The standard InChI is InChI=1S/C24H32N4O3S/c1-5-30-24(29)23-19-14-27(11-8-16(2)21-7-6-17(3)31-21)12-9-20(19)28(26-23)13-10-22-18(4)25-15-32-22/h6-7,15-16H,5,8-14H2,1-4H3. The van der Waals surface area contributed by atoms with Gasteiger partial charge in [0.15, 0.2) is 5.69 Å². The van der Waals surface area contributed by atoms with Crippen LogP contribution < -0.4 is 0 Å². The lowest BCUT2D eigenvalue weighted by molar-refractivity contribution is 0.0515. The zero-order chi connectivity index (χ0) is 22.7. The van der Waals surface area contributed by atoms with Crippen molar-refractivity contribution in [2.75, 3.05) is 19.7 Å². The molecule has 0 fully saturated rings. The molecule has 4 rings (SSSR count). The van der Waals surface area contributed by atoms with Gasteiger partial charge < -0.3 is 9.15 Å². The minimum absolute atomic E-state index is 0.322. The Morgan fingerprint density at radius 1 is 1.31 bits per heavy atom. The molecule has 0 aromatic carbocycles. The fraction of sp³-hybridized carbons (Fsp3) is 0.542. The number of fused-ring (bicyclic) bond motifs is 1. The van der Waals surface area contributed by atoms with E-state index >= 15 is 0 Å². The van der Waals surface area contributed by atoms with Crippen molar-refractivity contribution < 1.29 is 13.9 Å². The lowest BCUT2D eigenvalue weighted by Gasteiger charge is -2.28. The second-order valence-electron chi connectivity index (χ2n) is 8.49. The summed E-state index contributed by atoms with van der Waals surface area (Å²) in [6, 6.07) is 4.09. The monoisotopic (exact) mass is 456 g/mol. The summed E-state index contributed by atoms with van der Waals surface area (Å²) in [6.07, 6.45) is 2.77. The third kappa shape index (κ3) is 4.96. The molecule has 3 aromatic heterocycles. The molecular formula is C24H32N4O3S. The number of esters is 1. The van der Waals surface area contributed by atoms with Crippen molar-refractivity contribution in [1.82, 2.24) is 19.7 Å². The van der Waals surface area contributed by atoms with Gasteiger partial charge in [-0.25, -0.2) is 9.78 Å². The lowest BCUT2D eigenvalue weighted by atomic mass is 10.0. The molecule has 3 aromatic rings. The van der Waals surface area contributed by atoms with E-state index in [0.29, 0.717) is 18.2 Å². The fourth-order valence-corrected chi connectivity index (χ4v) is 5.07. The average molecular weight is 457 g/mol. The summed E-state index contributed by atoms with van der Waals surface area (Å²) in [5.74, 6) is 2.03. The van der Waals surface area contributed by atoms with E-state index in [1.807, 2.05) is 37.0 Å². The van der Waals surface area contributed by atoms with E-state index < -0.39 is 0 Å². The van der Waals surface area contributed by atoms with E-state index in [-0.39, 0.29) is 5.97 Å². The molecule has 32 heavy (non-hydrogen) atoms. The number of thiazole rings is 1. The van der Waals surface area contributed by atoms with Crippen molar-refractivity contribution in [2.24, 2.45) is 0 Å². The van der Waals surface area contributed by atoms with Crippen LogP contribution in [0.2, 0.25) is 0 Å². The van der Waals surface area contributed by atoms with Crippen molar-refractivity contribution >= 4 is 17.3 Å². The van der Waals surface area contributed by atoms with Gasteiger partial charge in [-0.15, -0.1) is 11.3 Å². The molecule has 0 aliphatic carbocycles. The highest BCUT2D eigenvalue weighted by atomic mass is 32.1. The van der Waals surface area contributed by atoms with Crippen LogP contribution in [0.15, 0.2) is 22.1 Å². The minimum atomic E-state index is -0.322. The van der Waals surface area contributed by atoms with Gasteiger partial charge in [-0.3, -0.25) is 9.58 Å². The maximum absolute atomic E-state index is 12.6. The Balaban J connectivity index is 1.47. The number of furan rings is 1. The molecule has 8 heteroatoms. The van der Waals surface area contributed by atoms with Crippen LogP contribution >= 0.6 is 11.3 Å². The SMILES string of the molecule is CCOC(=O)c1nn(CCc2scnc2C)c2c1CN(CCC(C)c1ccc(C)o1)CC2. The van der Waals surface area contributed by atoms with Crippen LogP contribution in [0.5, 0.6) is 0 Å². The molecule has 1 aliphatic rings. The molecule has 0 bridgehead atoms. The summed E-state index contributed by atoms with van der Waals surface area (Å²) in [6.45, 7) is 11.8. The van der Waals surface area contributed by atoms with Gasteiger partial charge in [0.1, 0.15) is 11.5 Å². The first-order valence-corrected chi connectivity index (χ1v) is 12.3. The summed E-state index contributed by atoms with van der Waals surface area (Å²) in [5, 5.41) is 4.70. The molecule has 0 amide bonds. The molecule has 172 valence electrons. The van der Waals surface area contributed by atoms with Crippen LogP contribution in [0.25, 0.3) is 0 Å². The van der Waals surface area contributed by atoms with Crippen LogP contribution in [-0.4, -0.2) is 45.3 Å². The van der Waals surface area contributed by atoms with E-state index in [2.05, 4.69) is 22.9 Å². The van der Waals surface area contributed by atoms with Crippen LogP contribution in [0, 0.1) is 13.8 Å². The highest BCUT2D eigenvalue weighted by Crippen LogP contribution is 2.27. The van der Waals surface area contributed by atoms with E-state index in [0.717, 1.165) is 68.2 Å². The zero-order valence-corrected chi connectivity index (χ0v) is 20.2. The first kappa shape index (κ1) is 22.7. The molecule has 0 spiro atoms. The van der Waals surface area contributed by atoms with Gasteiger partial charge in [-0.1, -0.05) is 6.92 Å². The van der Waals surface area contributed by atoms with Crippen LogP contribution in [0.3, 0.4) is 0 Å². The van der Waals surface area contributed by atoms with Crippen molar-refractivity contribution in [3.63, 3.8) is 0 Å². The average Bonchev–Trinajstić information content (AvgIpc) is 3.49. The maximum Gasteiger partial charge on any atom is 0.359 e. The lowest BCUT2D eigenvalue weighted by Crippen LogP contribution is -2.33. The Hall–Kier alpha value is -2.45. The number of aryl methyl sites for hydroxylation is 4. The fourth-order valence-electron chi connectivity index (χ4n) is 4.30. The van der Waals surface area contributed by atoms with E-state index in [9.17, 15) is 4.79 Å². The number of aromatic nitrogens is 3. The maximum atomic E-state index is 12.6. The molecule has 0 N–H and O–H groups in total. The van der Waals surface area contributed by atoms with E-state index in [1.54, 1.807) is 11.3 Å². The van der Waals surface area contributed by atoms with Gasteiger partial charge in [0.25, 0.3) is 0 Å². The van der Waals surface area contributed by atoms with Gasteiger partial charge in [0.05, 0.1) is 17.8 Å². The molecule has 0 saturated heterocycles. The van der Waals surface area contributed by atoms with Crippen molar-refractivity contribution in [3.8, 4) is 0 Å². The molecule has 1 atom stereocenters. The Morgan fingerprint density at radius 3 is 2.84 bits per heavy atom. The summed E-state index contributed by atoms with van der Waals surface area (Å²) < 4.78 is 13.1. The summed E-state index contributed by atoms with van der Waals surface area (Å²) in [5.41, 5.74) is 5.63. The predicted octanol–water partition coefficient (Wildman–Crippen LogP) is 4.52. The molecule has 0 saturated carbocycles. The molecule has 1 aliphatic heterocycles. The predicted molar refractivity (Wildman–Crippen MR) is 124 cm³/mol. The number of nitrogens with zero attached hydrogens (tertiary/aromatic N) is 4. The zero-order valence-electron chi connectivity index (χ0n) is 19.4. The smallest absolute Gasteiger partial charge is 0.359 e. The molecule has 1 unspecified atom stereocenters. The van der Waals surface area contributed by atoms with Gasteiger partial charge in [-0.05, 0) is 45.9 Å². The first-order valence-electron chi connectivity index (χ1n) is 11.4. The highest BCUT2D eigenvalue weighted by Gasteiger charge is 2.29. The Labute approximate surface area is 193 Å². The first-order chi connectivity index (χ1) is 15.5. The van der Waals surface area contributed by atoms with Crippen LogP contribution in [-0.2, 0) is 30.7 Å². The molecule has 7 nitrogen and oxygen atoms in total. The Bertz CT molecular complexity index is 1070. The van der Waals surface area contributed by atoms with Crippen molar-refractivity contribution in [2.45, 2.75) is 66.0 Å².